The standard InChI is InChI=1S/C19H25ClN4O2S/c1-21-19(22-12-11-16-7-9-18(20)10-8-16)23-13-14-27(25,26)24-15-17-5-3-2-4-6-17/h2-10,24H,11-15H2,1H3,(H2,21,22,23). The number of halogens is 1. The van der Waals surface area contributed by atoms with E-state index in [0.29, 0.717) is 17.5 Å². The van der Waals surface area contributed by atoms with Crippen LogP contribution in [0, 0.1) is 0 Å². The molecule has 0 saturated heterocycles. The van der Waals surface area contributed by atoms with Crippen LogP contribution in [0.25, 0.3) is 0 Å². The summed E-state index contributed by atoms with van der Waals surface area (Å²) < 4.78 is 26.8. The number of guanidine groups is 1. The van der Waals surface area contributed by atoms with Gasteiger partial charge < -0.3 is 10.6 Å². The van der Waals surface area contributed by atoms with Gasteiger partial charge in [0.1, 0.15) is 0 Å². The molecule has 2 aromatic carbocycles. The van der Waals surface area contributed by atoms with Gasteiger partial charge in [-0.15, -0.1) is 0 Å². The van der Waals surface area contributed by atoms with E-state index >= 15 is 0 Å². The van der Waals surface area contributed by atoms with Gasteiger partial charge in [0.2, 0.25) is 10.0 Å². The van der Waals surface area contributed by atoms with E-state index in [9.17, 15) is 8.42 Å². The third kappa shape index (κ3) is 8.43. The number of sulfonamides is 1. The molecule has 146 valence electrons. The smallest absolute Gasteiger partial charge is 0.213 e. The van der Waals surface area contributed by atoms with Gasteiger partial charge in [0.15, 0.2) is 5.96 Å². The highest BCUT2D eigenvalue weighted by atomic mass is 35.5. The topological polar surface area (TPSA) is 82.6 Å². The molecule has 3 N–H and O–H groups in total. The summed E-state index contributed by atoms with van der Waals surface area (Å²) in [6, 6.07) is 17.1. The molecule has 0 radical (unpaired) electrons. The number of benzene rings is 2. The van der Waals surface area contributed by atoms with Gasteiger partial charge in [0.05, 0.1) is 5.75 Å². The van der Waals surface area contributed by atoms with E-state index in [1.54, 1.807) is 7.05 Å². The summed E-state index contributed by atoms with van der Waals surface area (Å²) in [7, 11) is -1.71. The van der Waals surface area contributed by atoms with Crippen molar-refractivity contribution < 1.29 is 8.42 Å². The van der Waals surface area contributed by atoms with E-state index in [0.717, 1.165) is 17.5 Å². The molecule has 0 aliphatic rings. The SMILES string of the molecule is CN=C(NCCc1ccc(Cl)cc1)NCCS(=O)(=O)NCc1ccccc1. The van der Waals surface area contributed by atoms with Gasteiger partial charge in [0, 0.05) is 31.7 Å². The molecular weight excluding hydrogens is 384 g/mol. The van der Waals surface area contributed by atoms with Crippen LogP contribution >= 0.6 is 11.6 Å². The highest BCUT2D eigenvalue weighted by molar-refractivity contribution is 7.89. The lowest BCUT2D eigenvalue weighted by molar-refractivity contribution is 0.580. The summed E-state index contributed by atoms with van der Waals surface area (Å²) in [4.78, 5) is 4.10. The summed E-state index contributed by atoms with van der Waals surface area (Å²) in [5.74, 6) is 0.541. The molecule has 0 aromatic heterocycles. The second-order valence-electron chi connectivity index (χ2n) is 5.93. The van der Waals surface area contributed by atoms with Gasteiger partial charge in [-0.05, 0) is 29.7 Å². The van der Waals surface area contributed by atoms with Crippen LogP contribution in [-0.2, 0) is 23.0 Å². The molecule has 2 aromatic rings. The third-order valence-corrected chi connectivity index (χ3v) is 5.42. The Morgan fingerprint density at radius 2 is 1.63 bits per heavy atom. The molecule has 0 saturated carbocycles. The minimum atomic E-state index is -3.36. The minimum Gasteiger partial charge on any atom is -0.356 e. The zero-order valence-electron chi connectivity index (χ0n) is 15.3. The predicted octanol–water partition coefficient (Wildman–Crippen LogP) is 2.17. The quantitative estimate of drug-likeness (QED) is 0.438. The van der Waals surface area contributed by atoms with Crippen molar-refractivity contribution >= 4 is 27.6 Å². The Balaban J connectivity index is 1.68. The zero-order chi connectivity index (χ0) is 19.5. The van der Waals surface area contributed by atoms with Crippen molar-refractivity contribution in [2.24, 2.45) is 4.99 Å². The number of aliphatic imine (C=N–C) groups is 1. The molecule has 0 aliphatic carbocycles. The molecule has 0 heterocycles. The first-order valence-corrected chi connectivity index (χ1v) is 10.7. The van der Waals surface area contributed by atoms with Gasteiger partial charge in [-0.3, -0.25) is 4.99 Å². The maximum absolute atomic E-state index is 12.1. The van der Waals surface area contributed by atoms with E-state index in [1.165, 1.54) is 0 Å². The van der Waals surface area contributed by atoms with Crippen LogP contribution in [0.3, 0.4) is 0 Å². The fourth-order valence-corrected chi connectivity index (χ4v) is 3.39. The highest BCUT2D eigenvalue weighted by Gasteiger charge is 2.10. The first kappa shape index (κ1) is 21.2. The van der Waals surface area contributed by atoms with Crippen molar-refractivity contribution in [1.82, 2.24) is 15.4 Å². The Bertz CT molecular complexity index is 825. The molecule has 6 nitrogen and oxygen atoms in total. The van der Waals surface area contributed by atoms with Crippen molar-refractivity contribution in [3.05, 3.63) is 70.7 Å². The molecule has 0 unspecified atom stereocenters. The fraction of sp³-hybridized carbons (Fsp3) is 0.316. The first-order chi connectivity index (χ1) is 13.0. The Hall–Kier alpha value is -2.09. The molecule has 2 rings (SSSR count). The van der Waals surface area contributed by atoms with E-state index in [2.05, 4.69) is 20.3 Å². The summed E-state index contributed by atoms with van der Waals surface area (Å²) in [5, 5.41) is 6.90. The second kappa shape index (κ2) is 10.9. The van der Waals surface area contributed by atoms with Crippen molar-refractivity contribution in [2.45, 2.75) is 13.0 Å². The van der Waals surface area contributed by atoms with Crippen LogP contribution in [0.4, 0.5) is 0 Å². The Morgan fingerprint density at radius 3 is 2.30 bits per heavy atom. The van der Waals surface area contributed by atoms with Gasteiger partial charge in [0.25, 0.3) is 0 Å². The number of nitrogens with one attached hydrogen (secondary N) is 3. The maximum atomic E-state index is 12.1. The van der Waals surface area contributed by atoms with E-state index < -0.39 is 10.0 Å². The van der Waals surface area contributed by atoms with Crippen molar-refractivity contribution in [2.75, 3.05) is 25.9 Å². The summed E-state index contributed by atoms with van der Waals surface area (Å²) >= 11 is 5.87. The average Bonchev–Trinajstić information content (AvgIpc) is 2.67. The normalized spacial score (nSPS) is 12.0. The molecule has 0 aliphatic heterocycles. The van der Waals surface area contributed by atoms with Crippen LogP contribution in [-0.4, -0.2) is 40.3 Å². The number of hydrogen-bond donors (Lipinski definition) is 3. The lowest BCUT2D eigenvalue weighted by Gasteiger charge is -2.12. The third-order valence-electron chi connectivity index (χ3n) is 3.85. The Labute approximate surface area is 166 Å². The van der Waals surface area contributed by atoms with Crippen molar-refractivity contribution in [3.8, 4) is 0 Å². The maximum Gasteiger partial charge on any atom is 0.213 e. The van der Waals surface area contributed by atoms with Gasteiger partial charge >= 0.3 is 0 Å². The number of hydrogen-bond acceptors (Lipinski definition) is 3. The predicted molar refractivity (Wildman–Crippen MR) is 112 cm³/mol. The molecule has 0 fully saturated rings. The van der Waals surface area contributed by atoms with Crippen LogP contribution in [0.2, 0.25) is 5.02 Å². The number of nitrogens with zero attached hydrogens (tertiary/aromatic N) is 1. The monoisotopic (exact) mass is 408 g/mol. The first-order valence-electron chi connectivity index (χ1n) is 8.69. The van der Waals surface area contributed by atoms with Crippen LogP contribution in [0.5, 0.6) is 0 Å². The van der Waals surface area contributed by atoms with E-state index in [4.69, 9.17) is 11.6 Å². The molecule has 0 amide bonds. The largest absolute Gasteiger partial charge is 0.356 e. The molecule has 27 heavy (non-hydrogen) atoms. The zero-order valence-corrected chi connectivity index (χ0v) is 16.9. The molecule has 0 atom stereocenters. The average molecular weight is 409 g/mol. The minimum absolute atomic E-state index is 0.0300. The van der Waals surface area contributed by atoms with Crippen LogP contribution in [0.15, 0.2) is 59.6 Å². The lowest BCUT2D eigenvalue weighted by atomic mass is 10.1. The van der Waals surface area contributed by atoms with Crippen molar-refractivity contribution in [1.29, 1.82) is 0 Å². The molecule has 0 bridgehead atoms. The van der Waals surface area contributed by atoms with E-state index in [1.807, 2.05) is 54.6 Å². The molecule has 8 heteroatoms. The summed E-state index contributed by atoms with van der Waals surface area (Å²) in [6.45, 7) is 1.24. The van der Waals surface area contributed by atoms with Crippen molar-refractivity contribution in [3.63, 3.8) is 0 Å². The second-order valence-corrected chi connectivity index (χ2v) is 8.29. The molecule has 0 spiro atoms. The molecular formula is C19H25ClN4O2S. The number of rotatable bonds is 9. The lowest BCUT2D eigenvalue weighted by Crippen LogP contribution is -2.41. The Kier molecular flexibility index (Phi) is 8.57. The summed E-state index contributed by atoms with van der Waals surface area (Å²) in [6.07, 6.45) is 0.814. The van der Waals surface area contributed by atoms with Gasteiger partial charge in [-0.1, -0.05) is 54.1 Å². The van der Waals surface area contributed by atoms with E-state index in [-0.39, 0.29) is 18.8 Å². The van der Waals surface area contributed by atoms with Crippen LogP contribution < -0.4 is 15.4 Å². The summed E-state index contributed by atoms with van der Waals surface area (Å²) in [5.41, 5.74) is 2.09. The van der Waals surface area contributed by atoms with Gasteiger partial charge in [-0.25, -0.2) is 13.1 Å². The Morgan fingerprint density at radius 1 is 0.963 bits per heavy atom. The highest BCUT2D eigenvalue weighted by Crippen LogP contribution is 2.09. The van der Waals surface area contributed by atoms with Gasteiger partial charge in [-0.2, -0.15) is 0 Å². The van der Waals surface area contributed by atoms with Crippen LogP contribution in [0.1, 0.15) is 11.1 Å². The fourth-order valence-electron chi connectivity index (χ4n) is 2.36.